The number of nitro benzene ring substituents is 1. The average Bonchev–Trinajstić information content (AvgIpc) is 2.36. The molecule has 0 N–H and O–H groups in total. The van der Waals surface area contributed by atoms with Gasteiger partial charge in [-0.3, -0.25) is 15.1 Å². The predicted octanol–water partition coefficient (Wildman–Crippen LogP) is 2.09. The van der Waals surface area contributed by atoms with Crippen LogP contribution in [-0.4, -0.2) is 24.2 Å². The lowest BCUT2D eigenvalue weighted by molar-refractivity contribution is -0.385. The van der Waals surface area contributed by atoms with Crippen LogP contribution in [0.5, 0.6) is 0 Å². The summed E-state index contributed by atoms with van der Waals surface area (Å²) in [6, 6.07) is 6.22. The second kappa shape index (κ2) is 6.29. The molecule has 0 radical (unpaired) electrons. The van der Waals surface area contributed by atoms with Crippen molar-refractivity contribution in [2.24, 2.45) is 4.99 Å². The van der Waals surface area contributed by atoms with Crippen molar-refractivity contribution in [3.63, 3.8) is 0 Å². The van der Waals surface area contributed by atoms with Crippen molar-refractivity contribution in [3.05, 3.63) is 51.7 Å². The standard InChI is InChI=1S/C12H12N2O4/c1-9(7-12(15)18-2)13-8-10-5-3-4-6-11(10)14(16)17/h3-8H,1-2H3/b9-7+,13-8?. The fraction of sp³-hybridized carbons (Fsp3) is 0.167. The van der Waals surface area contributed by atoms with E-state index in [1.54, 1.807) is 25.1 Å². The minimum absolute atomic E-state index is 0.0351. The van der Waals surface area contributed by atoms with Gasteiger partial charge in [0.05, 0.1) is 17.6 Å². The molecular weight excluding hydrogens is 236 g/mol. The monoisotopic (exact) mass is 248 g/mol. The van der Waals surface area contributed by atoms with Crippen molar-refractivity contribution in [3.8, 4) is 0 Å². The molecule has 0 heterocycles. The molecule has 0 aliphatic heterocycles. The highest BCUT2D eigenvalue weighted by Crippen LogP contribution is 2.15. The van der Waals surface area contributed by atoms with E-state index < -0.39 is 10.9 Å². The summed E-state index contributed by atoms with van der Waals surface area (Å²) < 4.78 is 4.44. The van der Waals surface area contributed by atoms with Crippen LogP contribution in [-0.2, 0) is 9.53 Å². The third-order valence-electron chi connectivity index (χ3n) is 2.07. The average molecular weight is 248 g/mol. The van der Waals surface area contributed by atoms with E-state index in [-0.39, 0.29) is 5.69 Å². The molecule has 18 heavy (non-hydrogen) atoms. The van der Waals surface area contributed by atoms with Gasteiger partial charge in [0.25, 0.3) is 5.69 Å². The number of nitrogens with zero attached hydrogens (tertiary/aromatic N) is 2. The fourth-order valence-electron chi connectivity index (χ4n) is 1.20. The maximum Gasteiger partial charge on any atom is 0.332 e. The first-order valence-corrected chi connectivity index (χ1v) is 5.08. The lowest BCUT2D eigenvalue weighted by atomic mass is 10.2. The van der Waals surface area contributed by atoms with Crippen molar-refractivity contribution in [1.29, 1.82) is 0 Å². The van der Waals surface area contributed by atoms with Gasteiger partial charge < -0.3 is 4.74 Å². The van der Waals surface area contributed by atoms with Gasteiger partial charge in [-0.15, -0.1) is 0 Å². The van der Waals surface area contributed by atoms with E-state index in [2.05, 4.69) is 9.73 Å². The number of hydrogen-bond acceptors (Lipinski definition) is 5. The molecule has 0 atom stereocenters. The molecule has 0 aliphatic carbocycles. The van der Waals surface area contributed by atoms with Gasteiger partial charge in [0, 0.05) is 24.1 Å². The summed E-state index contributed by atoms with van der Waals surface area (Å²) in [5, 5.41) is 10.7. The number of carbonyl (C=O) groups excluding carboxylic acids is 1. The van der Waals surface area contributed by atoms with Crippen molar-refractivity contribution in [1.82, 2.24) is 0 Å². The van der Waals surface area contributed by atoms with Gasteiger partial charge in [-0.05, 0) is 13.0 Å². The highest BCUT2D eigenvalue weighted by Gasteiger charge is 2.09. The Kier molecular flexibility index (Phi) is 4.74. The highest BCUT2D eigenvalue weighted by atomic mass is 16.6. The second-order valence-corrected chi connectivity index (χ2v) is 3.38. The van der Waals surface area contributed by atoms with E-state index in [1.165, 1.54) is 25.5 Å². The zero-order valence-corrected chi connectivity index (χ0v) is 9.99. The molecular formula is C12H12N2O4. The molecule has 0 spiro atoms. The van der Waals surface area contributed by atoms with E-state index in [0.717, 1.165) is 0 Å². The SMILES string of the molecule is COC(=O)/C=C(\C)N=Cc1ccccc1[N+](=O)[O-]. The molecule has 6 heteroatoms. The Morgan fingerprint density at radius 1 is 1.44 bits per heavy atom. The van der Waals surface area contributed by atoms with Gasteiger partial charge in [-0.1, -0.05) is 12.1 Å². The lowest BCUT2D eigenvalue weighted by Gasteiger charge is -1.96. The third kappa shape index (κ3) is 3.82. The minimum atomic E-state index is -0.521. The molecule has 6 nitrogen and oxygen atoms in total. The lowest BCUT2D eigenvalue weighted by Crippen LogP contribution is -1.96. The van der Waals surface area contributed by atoms with Gasteiger partial charge in [0.2, 0.25) is 0 Å². The number of carbonyl (C=O) groups is 1. The second-order valence-electron chi connectivity index (χ2n) is 3.38. The number of benzene rings is 1. The van der Waals surface area contributed by atoms with Gasteiger partial charge in [-0.2, -0.15) is 0 Å². The zero-order valence-electron chi connectivity index (χ0n) is 9.99. The van der Waals surface area contributed by atoms with E-state index >= 15 is 0 Å². The quantitative estimate of drug-likeness (QED) is 0.268. The summed E-state index contributed by atoms with van der Waals surface area (Å²) in [6.45, 7) is 1.60. The number of allylic oxidation sites excluding steroid dienone is 1. The third-order valence-corrected chi connectivity index (χ3v) is 2.07. The molecule has 0 fully saturated rings. The molecule has 1 aromatic carbocycles. The topological polar surface area (TPSA) is 81.8 Å². The Labute approximate surface area is 104 Å². The van der Waals surface area contributed by atoms with Crippen molar-refractivity contribution >= 4 is 17.9 Å². The Morgan fingerprint density at radius 3 is 2.72 bits per heavy atom. The van der Waals surface area contributed by atoms with Crippen LogP contribution in [0.3, 0.4) is 0 Å². The van der Waals surface area contributed by atoms with E-state index in [0.29, 0.717) is 11.3 Å². The van der Waals surface area contributed by atoms with Crippen molar-refractivity contribution in [2.45, 2.75) is 6.92 Å². The maximum absolute atomic E-state index is 10.9. The van der Waals surface area contributed by atoms with E-state index in [9.17, 15) is 14.9 Å². The van der Waals surface area contributed by atoms with E-state index in [1.807, 2.05) is 0 Å². The summed E-state index contributed by atoms with van der Waals surface area (Å²) in [4.78, 5) is 25.1. The molecule has 0 amide bonds. The van der Waals surface area contributed by atoms with Gasteiger partial charge >= 0.3 is 5.97 Å². The van der Waals surface area contributed by atoms with Crippen LogP contribution >= 0.6 is 0 Å². The molecule has 0 saturated carbocycles. The highest BCUT2D eigenvalue weighted by molar-refractivity contribution is 5.87. The van der Waals surface area contributed by atoms with Gasteiger partial charge in [0.15, 0.2) is 0 Å². The molecule has 1 aromatic rings. The number of para-hydroxylation sites is 1. The number of esters is 1. The summed E-state index contributed by atoms with van der Waals surface area (Å²) in [7, 11) is 1.26. The van der Waals surface area contributed by atoms with Gasteiger partial charge in [0.1, 0.15) is 0 Å². The summed E-state index contributed by atoms with van der Waals surface area (Å²) in [6.07, 6.45) is 2.54. The first-order valence-electron chi connectivity index (χ1n) is 5.08. The number of rotatable bonds is 4. The number of nitro groups is 1. The number of ether oxygens (including phenoxy) is 1. The van der Waals surface area contributed by atoms with Crippen LogP contribution < -0.4 is 0 Å². The first kappa shape index (κ1) is 13.6. The number of methoxy groups -OCH3 is 1. The Balaban J connectivity index is 2.94. The zero-order chi connectivity index (χ0) is 13.5. The van der Waals surface area contributed by atoms with Gasteiger partial charge in [-0.25, -0.2) is 4.79 Å². The summed E-state index contributed by atoms with van der Waals surface area (Å²) in [5.41, 5.74) is 0.743. The van der Waals surface area contributed by atoms with Crippen LogP contribution in [0, 0.1) is 10.1 Å². The Bertz CT molecular complexity index is 521. The molecule has 0 unspecified atom stereocenters. The van der Waals surface area contributed by atoms with Crippen molar-refractivity contribution in [2.75, 3.05) is 7.11 Å². The number of hydrogen-bond donors (Lipinski definition) is 0. The molecule has 0 saturated heterocycles. The maximum atomic E-state index is 10.9. The van der Waals surface area contributed by atoms with Crippen LogP contribution in [0.15, 0.2) is 41.0 Å². The molecule has 0 aliphatic rings. The molecule has 1 rings (SSSR count). The normalized spacial score (nSPS) is 11.6. The predicted molar refractivity (Wildman–Crippen MR) is 66.5 cm³/mol. The Morgan fingerprint density at radius 2 is 2.11 bits per heavy atom. The molecule has 0 bridgehead atoms. The largest absolute Gasteiger partial charge is 0.466 e. The summed E-state index contributed by atoms with van der Waals surface area (Å²) >= 11 is 0. The van der Waals surface area contributed by atoms with Crippen LogP contribution in [0.2, 0.25) is 0 Å². The first-order chi connectivity index (χ1) is 8.54. The number of aliphatic imine (C=N–C) groups is 1. The van der Waals surface area contributed by atoms with Crippen molar-refractivity contribution < 1.29 is 14.5 Å². The van der Waals surface area contributed by atoms with Crippen LogP contribution in [0.1, 0.15) is 12.5 Å². The Hall–Kier alpha value is -2.50. The molecule has 0 aromatic heterocycles. The smallest absolute Gasteiger partial charge is 0.332 e. The summed E-state index contributed by atoms with van der Waals surface area (Å²) in [5.74, 6) is -0.521. The van der Waals surface area contributed by atoms with Crippen LogP contribution in [0.4, 0.5) is 5.69 Å². The fourth-order valence-corrected chi connectivity index (χ4v) is 1.20. The van der Waals surface area contributed by atoms with E-state index in [4.69, 9.17) is 0 Å². The van der Waals surface area contributed by atoms with Crippen LogP contribution in [0.25, 0.3) is 0 Å². The minimum Gasteiger partial charge on any atom is -0.466 e. The molecule has 94 valence electrons.